The number of hydrogen-bond acceptors (Lipinski definition) is 10. The van der Waals surface area contributed by atoms with Crippen LogP contribution in [-0.2, 0) is 29.1 Å². The van der Waals surface area contributed by atoms with Gasteiger partial charge in [0.15, 0.2) is 6.61 Å². The highest BCUT2D eigenvalue weighted by Crippen LogP contribution is 2.30. The van der Waals surface area contributed by atoms with Crippen molar-refractivity contribution in [3.63, 3.8) is 0 Å². The van der Waals surface area contributed by atoms with Crippen LogP contribution in [0.3, 0.4) is 0 Å². The highest BCUT2D eigenvalue weighted by molar-refractivity contribution is 7.88. The lowest BCUT2D eigenvalue weighted by Gasteiger charge is -2.22. The number of benzene rings is 1. The standard InChI is InChI=1S/C19H25F2N5O7S/c1-6-23-24-11(2)13-7-15(16(22-10-32-4)8-14(13)18(20)21)19(29)25-26(34(5,30)31)17(28)9-33-12(3)27/h6-8,18,22H,9-10H2,1-5H3,(H,25,29)/b23-6+,24-11-. The van der Waals surface area contributed by atoms with E-state index in [2.05, 4.69) is 20.3 Å². The lowest BCUT2D eigenvalue weighted by Crippen LogP contribution is -2.50. The van der Waals surface area contributed by atoms with Crippen molar-refractivity contribution in [3.8, 4) is 0 Å². The van der Waals surface area contributed by atoms with Gasteiger partial charge in [0, 0.05) is 37.1 Å². The number of alkyl halides is 2. The number of nitrogens with one attached hydrogen (secondary N) is 2. The van der Waals surface area contributed by atoms with Crippen LogP contribution in [-0.4, -0.2) is 69.2 Å². The lowest BCUT2D eigenvalue weighted by atomic mass is 9.98. The van der Waals surface area contributed by atoms with Crippen LogP contribution in [0.2, 0.25) is 0 Å². The monoisotopic (exact) mass is 505 g/mol. The number of halogens is 2. The molecule has 0 aliphatic rings. The SMILES string of the molecule is C/C=N/N=C(/C)c1cc(C(=O)NN(C(=O)COC(C)=O)S(C)(=O)=O)c(NCOC)cc1C(F)F. The molecule has 188 valence electrons. The molecular weight excluding hydrogens is 480 g/mol. The third kappa shape index (κ3) is 8.15. The fourth-order valence-electron chi connectivity index (χ4n) is 2.50. The third-order valence-corrected chi connectivity index (χ3v) is 4.91. The zero-order valence-electron chi connectivity index (χ0n) is 19.1. The molecule has 0 radical (unpaired) electrons. The van der Waals surface area contributed by atoms with E-state index in [9.17, 15) is 31.6 Å². The summed E-state index contributed by atoms with van der Waals surface area (Å²) < 4.78 is 60.9. The van der Waals surface area contributed by atoms with E-state index >= 15 is 0 Å². The number of methoxy groups -OCH3 is 1. The maximum Gasteiger partial charge on any atom is 0.303 e. The molecule has 0 unspecified atom stereocenters. The summed E-state index contributed by atoms with van der Waals surface area (Å²) >= 11 is 0. The molecule has 0 aliphatic heterocycles. The number of esters is 1. The Kier molecular flexibility index (Phi) is 10.7. The first-order valence-corrected chi connectivity index (χ1v) is 11.4. The Hall–Kier alpha value is -3.46. The Morgan fingerprint density at radius 1 is 1.21 bits per heavy atom. The number of nitrogens with zero attached hydrogens (tertiary/aromatic N) is 3. The number of amides is 2. The maximum atomic E-state index is 13.7. The minimum atomic E-state index is -4.35. The number of sulfonamides is 1. The van der Waals surface area contributed by atoms with Gasteiger partial charge in [-0.2, -0.15) is 10.2 Å². The Morgan fingerprint density at radius 3 is 2.35 bits per heavy atom. The lowest BCUT2D eigenvalue weighted by molar-refractivity contribution is -0.148. The predicted molar refractivity (Wildman–Crippen MR) is 119 cm³/mol. The average Bonchev–Trinajstić information content (AvgIpc) is 2.76. The van der Waals surface area contributed by atoms with Gasteiger partial charge in [-0.3, -0.25) is 14.4 Å². The summed E-state index contributed by atoms with van der Waals surface area (Å²) in [6.07, 6.45) is -0.996. The van der Waals surface area contributed by atoms with Gasteiger partial charge in [0.1, 0.15) is 6.73 Å². The van der Waals surface area contributed by atoms with Crippen molar-refractivity contribution in [1.82, 2.24) is 9.84 Å². The number of hydrogen-bond donors (Lipinski definition) is 2. The zero-order chi connectivity index (χ0) is 26.1. The van der Waals surface area contributed by atoms with Gasteiger partial charge >= 0.3 is 5.97 Å². The normalized spacial score (nSPS) is 12.1. The second-order valence-corrected chi connectivity index (χ2v) is 8.43. The Morgan fingerprint density at radius 2 is 1.85 bits per heavy atom. The first-order chi connectivity index (χ1) is 15.8. The van der Waals surface area contributed by atoms with Crippen molar-refractivity contribution < 1.29 is 41.1 Å². The fourth-order valence-corrected chi connectivity index (χ4v) is 3.17. The highest BCUT2D eigenvalue weighted by atomic mass is 32.2. The number of anilines is 1. The molecule has 0 aliphatic carbocycles. The second kappa shape index (κ2) is 12.7. The third-order valence-electron chi connectivity index (χ3n) is 3.95. The van der Waals surface area contributed by atoms with E-state index < -0.39 is 46.4 Å². The summed E-state index contributed by atoms with van der Waals surface area (Å²) in [5.74, 6) is -3.26. The van der Waals surface area contributed by atoms with Gasteiger partial charge in [0.25, 0.3) is 28.3 Å². The largest absolute Gasteiger partial charge is 0.456 e. The molecule has 1 aromatic rings. The molecule has 0 atom stereocenters. The molecule has 0 spiro atoms. The summed E-state index contributed by atoms with van der Waals surface area (Å²) in [6.45, 7) is 2.81. The molecule has 0 saturated heterocycles. The number of rotatable bonds is 10. The number of carbonyl (C=O) groups is 3. The molecule has 0 heterocycles. The van der Waals surface area contributed by atoms with Crippen LogP contribution in [0, 0.1) is 0 Å². The van der Waals surface area contributed by atoms with Gasteiger partial charge in [-0.15, -0.1) is 4.41 Å². The number of ether oxygens (including phenoxy) is 2. The van der Waals surface area contributed by atoms with Crippen molar-refractivity contribution in [2.24, 2.45) is 10.2 Å². The summed E-state index contributed by atoms with van der Waals surface area (Å²) in [5, 5.41) is 10.0. The first kappa shape index (κ1) is 28.6. The van der Waals surface area contributed by atoms with Crippen LogP contribution in [0.5, 0.6) is 0 Å². The van der Waals surface area contributed by atoms with Gasteiger partial charge in [-0.1, -0.05) is 0 Å². The Labute approximate surface area is 195 Å². The van der Waals surface area contributed by atoms with Crippen LogP contribution in [0.4, 0.5) is 14.5 Å². The molecule has 0 saturated carbocycles. The maximum absolute atomic E-state index is 13.7. The number of carbonyl (C=O) groups excluding carboxylic acids is 3. The minimum Gasteiger partial charge on any atom is -0.456 e. The van der Waals surface area contributed by atoms with Gasteiger partial charge in [0.05, 0.1) is 17.5 Å². The Bertz CT molecular complexity index is 1090. The van der Waals surface area contributed by atoms with E-state index in [1.807, 2.05) is 5.43 Å². The molecule has 1 rings (SSSR count). The van der Waals surface area contributed by atoms with E-state index in [1.165, 1.54) is 20.2 Å². The van der Waals surface area contributed by atoms with E-state index in [0.717, 1.165) is 19.1 Å². The van der Waals surface area contributed by atoms with Crippen LogP contribution < -0.4 is 10.7 Å². The molecule has 15 heteroatoms. The van der Waals surface area contributed by atoms with Gasteiger partial charge in [-0.05, 0) is 26.0 Å². The van der Waals surface area contributed by atoms with E-state index in [1.54, 1.807) is 6.92 Å². The molecule has 2 amide bonds. The molecule has 0 fully saturated rings. The molecule has 0 aromatic heterocycles. The van der Waals surface area contributed by atoms with Gasteiger partial charge < -0.3 is 14.8 Å². The topological polar surface area (TPSA) is 156 Å². The van der Waals surface area contributed by atoms with Crippen LogP contribution in [0.1, 0.15) is 48.7 Å². The Balaban J connectivity index is 3.57. The van der Waals surface area contributed by atoms with E-state index in [4.69, 9.17) is 4.74 Å². The van der Waals surface area contributed by atoms with Crippen LogP contribution in [0.25, 0.3) is 0 Å². The van der Waals surface area contributed by atoms with Crippen molar-refractivity contribution in [2.75, 3.05) is 32.0 Å². The van der Waals surface area contributed by atoms with Crippen LogP contribution in [0.15, 0.2) is 22.3 Å². The van der Waals surface area contributed by atoms with Crippen molar-refractivity contribution >= 4 is 45.4 Å². The molecule has 1 aromatic carbocycles. The molecule has 12 nitrogen and oxygen atoms in total. The molecule has 0 bridgehead atoms. The summed E-state index contributed by atoms with van der Waals surface area (Å²) in [6, 6.07) is 2.03. The minimum absolute atomic E-state index is 0.0125. The summed E-state index contributed by atoms with van der Waals surface area (Å²) in [7, 11) is -3.04. The number of hydrazine groups is 1. The highest BCUT2D eigenvalue weighted by Gasteiger charge is 2.29. The van der Waals surface area contributed by atoms with Crippen molar-refractivity contribution in [2.45, 2.75) is 27.2 Å². The second-order valence-electron chi connectivity index (χ2n) is 6.60. The summed E-state index contributed by atoms with van der Waals surface area (Å²) in [5.41, 5.74) is 0.897. The predicted octanol–water partition coefficient (Wildman–Crippen LogP) is 1.45. The molecule has 2 N–H and O–H groups in total. The van der Waals surface area contributed by atoms with Gasteiger partial charge in [0.2, 0.25) is 0 Å². The fraction of sp³-hybridized carbons (Fsp3) is 0.421. The smallest absolute Gasteiger partial charge is 0.303 e. The first-order valence-electron chi connectivity index (χ1n) is 9.52. The van der Waals surface area contributed by atoms with Crippen LogP contribution >= 0.6 is 0 Å². The van der Waals surface area contributed by atoms with E-state index in [0.29, 0.717) is 6.26 Å². The van der Waals surface area contributed by atoms with Gasteiger partial charge in [-0.25, -0.2) is 22.6 Å². The summed E-state index contributed by atoms with van der Waals surface area (Å²) in [4.78, 5) is 36.2. The van der Waals surface area contributed by atoms with Crippen molar-refractivity contribution in [1.29, 1.82) is 0 Å². The quantitative estimate of drug-likeness (QED) is 0.209. The zero-order valence-corrected chi connectivity index (χ0v) is 19.9. The van der Waals surface area contributed by atoms with E-state index in [-0.39, 0.29) is 33.7 Å². The molecule has 34 heavy (non-hydrogen) atoms. The average molecular weight is 506 g/mol. The van der Waals surface area contributed by atoms with Crippen molar-refractivity contribution in [3.05, 3.63) is 28.8 Å². The molecular formula is C19H25F2N5O7S.